The van der Waals surface area contributed by atoms with Gasteiger partial charge in [-0.25, -0.2) is 4.39 Å². The van der Waals surface area contributed by atoms with E-state index in [1.165, 1.54) is 19.2 Å². The molecular formula is C11H15FO2S. The number of ether oxygens (including phenoxy) is 1. The van der Waals surface area contributed by atoms with Gasteiger partial charge >= 0.3 is 0 Å². The average molecular weight is 230 g/mol. The molecule has 1 unspecified atom stereocenters. The van der Waals surface area contributed by atoms with Crippen molar-refractivity contribution < 1.29 is 14.2 Å². The molecule has 1 aromatic rings. The fourth-order valence-electron chi connectivity index (χ4n) is 1.29. The van der Waals surface area contributed by atoms with Crippen LogP contribution in [0.2, 0.25) is 0 Å². The van der Waals surface area contributed by atoms with Crippen LogP contribution >= 0.6 is 11.8 Å². The maximum absolute atomic E-state index is 13.3. The SMILES string of the molecule is COc1ccc(C(O)CCSC)cc1F. The van der Waals surface area contributed by atoms with Crippen LogP contribution in [0.3, 0.4) is 0 Å². The highest BCUT2D eigenvalue weighted by molar-refractivity contribution is 7.98. The molecule has 0 fully saturated rings. The van der Waals surface area contributed by atoms with Gasteiger partial charge in [-0.05, 0) is 36.1 Å². The normalized spacial score (nSPS) is 12.5. The van der Waals surface area contributed by atoms with Crippen molar-refractivity contribution in [2.75, 3.05) is 19.1 Å². The minimum absolute atomic E-state index is 0.204. The van der Waals surface area contributed by atoms with E-state index in [4.69, 9.17) is 4.74 Å². The van der Waals surface area contributed by atoms with Crippen LogP contribution in [0.4, 0.5) is 4.39 Å². The summed E-state index contributed by atoms with van der Waals surface area (Å²) in [6.07, 6.45) is 2.01. The number of rotatable bonds is 5. The lowest BCUT2D eigenvalue weighted by atomic mass is 10.1. The number of methoxy groups -OCH3 is 1. The summed E-state index contributed by atoms with van der Waals surface area (Å²) < 4.78 is 18.1. The van der Waals surface area contributed by atoms with Crippen LogP contribution in [0.5, 0.6) is 5.75 Å². The summed E-state index contributed by atoms with van der Waals surface area (Å²) in [6.45, 7) is 0. The van der Waals surface area contributed by atoms with Crippen LogP contribution in [-0.2, 0) is 0 Å². The van der Waals surface area contributed by atoms with Gasteiger partial charge in [0, 0.05) is 0 Å². The van der Waals surface area contributed by atoms with Crippen molar-refractivity contribution in [2.24, 2.45) is 0 Å². The molecule has 15 heavy (non-hydrogen) atoms. The van der Waals surface area contributed by atoms with E-state index in [-0.39, 0.29) is 5.75 Å². The van der Waals surface area contributed by atoms with Crippen LogP contribution in [0.25, 0.3) is 0 Å². The van der Waals surface area contributed by atoms with E-state index in [0.29, 0.717) is 12.0 Å². The Bertz CT molecular complexity index is 317. The first-order valence-electron chi connectivity index (χ1n) is 4.69. The number of benzene rings is 1. The third-order valence-electron chi connectivity index (χ3n) is 2.16. The summed E-state index contributed by atoms with van der Waals surface area (Å²) in [5.41, 5.74) is 0.599. The van der Waals surface area contributed by atoms with Crippen LogP contribution in [0, 0.1) is 5.82 Å². The van der Waals surface area contributed by atoms with E-state index in [0.717, 1.165) is 5.75 Å². The zero-order chi connectivity index (χ0) is 11.3. The number of hydrogen-bond acceptors (Lipinski definition) is 3. The van der Waals surface area contributed by atoms with Crippen molar-refractivity contribution >= 4 is 11.8 Å². The highest BCUT2D eigenvalue weighted by Crippen LogP contribution is 2.24. The molecule has 1 rings (SSSR count). The molecule has 0 aliphatic carbocycles. The zero-order valence-corrected chi connectivity index (χ0v) is 9.68. The Morgan fingerprint density at radius 1 is 1.53 bits per heavy atom. The quantitative estimate of drug-likeness (QED) is 0.843. The van der Waals surface area contributed by atoms with Crippen molar-refractivity contribution in [1.82, 2.24) is 0 Å². The second kappa shape index (κ2) is 5.98. The van der Waals surface area contributed by atoms with E-state index in [2.05, 4.69) is 0 Å². The van der Waals surface area contributed by atoms with Crippen LogP contribution in [0.1, 0.15) is 18.1 Å². The van der Waals surface area contributed by atoms with Gasteiger partial charge in [-0.3, -0.25) is 0 Å². The van der Waals surface area contributed by atoms with Crippen LogP contribution in [-0.4, -0.2) is 24.2 Å². The van der Waals surface area contributed by atoms with Crippen LogP contribution in [0.15, 0.2) is 18.2 Å². The standard InChI is InChI=1S/C11H15FO2S/c1-14-11-4-3-8(7-9(11)12)10(13)5-6-15-2/h3-4,7,10,13H,5-6H2,1-2H3. The van der Waals surface area contributed by atoms with Crippen molar-refractivity contribution in [3.05, 3.63) is 29.6 Å². The zero-order valence-electron chi connectivity index (χ0n) is 8.87. The second-order valence-electron chi connectivity index (χ2n) is 3.19. The molecule has 0 bridgehead atoms. The second-order valence-corrected chi connectivity index (χ2v) is 4.18. The van der Waals surface area contributed by atoms with Gasteiger partial charge in [0.15, 0.2) is 11.6 Å². The Morgan fingerprint density at radius 3 is 2.80 bits per heavy atom. The molecule has 1 atom stereocenters. The largest absolute Gasteiger partial charge is 0.494 e. The molecule has 2 nitrogen and oxygen atoms in total. The molecule has 0 spiro atoms. The Labute approximate surface area is 93.5 Å². The Balaban J connectivity index is 2.73. The first-order valence-corrected chi connectivity index (χ1v) is 6.09. The summed E-state index contributed by atoms with van der Waals surface area (Å²) in [5, 5.41) is 9.72. The fraction of sp³-hybridized carbons (Fsp3) is 0.455. The first-order chi connectivity index (χ1) is 7.19. The maximum Gasteiger partial charge on any atom is 0.165 e. The topological polar surface area (TPSA) is 29.5 Å². The van der Waals surface area contributed by atoms with Gasteiger partial charge in [0.05, 0.1) is 13.2 Å². The van der Waals surface area contributed by atoms with E-state index >= 15 is 0 Å². The molecule has 0 aliphatic rings. The summed E-state index contributed by atoms with van der Waals surface area (Å²) in [5.74, 6) is 0.628. The van der Waals surface area contributed by atoms with Crippen molar-refractivity contribution in [3.63, 3.8) is 0 Å². The van der Waals surface area contributed by atoms with Gasteiger partial charge in [-0.1, -0.05) is 6.07 Å². The van der Waals surface area contributed by atoms with Gasteiger partial charge in [-0.15, -0.1) is 0 Å². The highest BCUT2D eigenvalue weighted by Gasteiger charge is 2.10. The third kappa shape index (κ3) is 3.39. The molecule has 0 saturated carbocycles. The minimum atomic E-state index is -0.599. The van der Waals surface area contributed by atoms with E-state index in [9.17, 15) is 9.50 Å². The molecule has 1 N–H and O–H groups in total. The predicted octanol–water partition coefficient (Wildman–Crippen LogP) is 2.62. The Kier molecular flexibility index (Phi) is 4.91. The Morgan fingerprint density at radius 2 is 2.27 bits per heavy atom. The summed E-state index contributed by atoms with van der Waals surface area (Å²) in [4.78, 5) is 0. The molecule has 0 heterocycles. The van der Waals surface area contributed by atoms with Crippen molar-refractivity contribution in [1.29, 1.82) is 0 Å². The van der Waals surface area contributed by atoms with E-state index in [1.807, 2.05) is 6.26 Å². The molecule has 4 heteroatoms. The minimum Gasteiger partial charge on any atom is -0.494 e. The van der Waals surface area contributed by atoms with Gasteiger partial charge < -0.3 is 9.84 Å². The molecule has 0 amide bonds. The Hall–Kier alpha value is -0.740. The molecule has 0 saturated heterocycles. The average Bonchev–Trinajstić information content (AvgIpc) is 2.25. The first kappa shape index (κ1) is 12.3. The van der Waals surface area contributed by atoms with Crippen LogP contribution < -0.4 is 4.74 Å². The lowest BCUT2D eigenvalue weighted by Crippen LogP contribution is -2.00. The molecular weight excluding hydrogens is 215 g/mol. The predicted molar refractivity (Wildman–Crippen MR) is 60.9 cm³/mol. The van der Waals surface area contributed by atoms with Gasteiger partial charge in [-0.2, -0.15) is 11.8 Å². The number of halogens is 1. The lowest BCUT2D eigenvalue weighted by Gasteiger charge is -2.11. The smallest absolute Gasteiger partial charge is 0.165 e. The molecule has 0 aromatic heterocycles. The van der Waals surface area contributed by atoms with Gasteiger partial charge in [0.1, 0.15) is 0 Å². The van der Waals surface area contributed by atoms with Gasteiger partial charge in [0.2, 0.25) is 0 Å². The van der Waals surface area contributed by atoms with E-state index < -0.39 is 11.9 Å². The fourth-order valence-corrected chi connectivity index (χ4v) is 1.75. The molecule has 0 aliphatic heterocycles. The number of aliphatic hydroxyl groups is 1. The lowest BCUT2D eigenvalue weighted by molar-refractivity contribution is 0.174. The number of thioether (sulfide) groups is 1. The monoisotopic (exact) mass is 230 g/mol. The third-order valence-corrected chi connectivity index (χ3v) is 2.80. The maximum atomic E-state index is 13.3. The highest BCUT2D eigenvalue weighted by atomic mass is 32.2. The number of hydrogen-bond donors (Lipinski definition) is 1. The summed E-state index contributed by atoms with van der Waals surface area (Å²) in [7, 11) is 1.42. The molecule has 0 radical (unpaired) electrons. The van der Waals surface area contributed by atoms with Gasteiger partial charge in [0.25, 0.3) is 0 Å². The van der Waals surface area contributed by atoms with E-state index in [1.54, 1.807) is 17.8 Å². The summed E-state index contributed by atoms with van der Waals surface area (Å²) in [6, 6.07) is 4.55. The molecule has 1 aromatic carbocycles. The molecule has 84 valence electrons. The van der Waals surface area contributed by atoms with Crippen molar-refractivity contribution in [3.8, 4) is 5.75 Å². The summed E-state index contributed by atoms with van der Waals surface area (Å²) >= 11 is 1.66. The number of aliphatic hydroxyl groups excluding tert-OH is 1. The van der Waals surface area contributed by atoms with Crippen molar-refractivity contribution in [2.45, 2.75) is 12.5 Å².